The van der Waals surface area contributed by atoms with E-state index in [1.165, 1.54) is 27.9 Å². The standard InChI is InChI=1S/C12H19F3N2O4/c1-7(8(2)11(20)21)10(19)17(6-12(13,14)15)5-9(18)16(3)4/h7-8H,5-6H2,1-4H3,(H,20,21). The lowest BCUT2D eigenvalue weighted by Crippen LogP contribution is -2.48. The minimum absolute atomic E-state index is 0.340. The molecular weight excluding hydrogens is 293 g/mol. The summed E-state index contributed by atoms with van der Waals surface area (Å²) in [7, 11) is 2.70. The van der Waals surface area contributed by atoms with Crippen molar-refractivity contribution < 1.29 is 32.7 Å². The number of hydrogen-bond donors (Lipinski definition) is 1. The van der Waals surface area contributed by atoms with Gasteiger partial charge in [-0.05, 0) is 0 Å². The van der Waals surface area contributed by atoms with E-state index in [4.69, 9.17) is 5.11 Å². The zero-order valence-corrected chi connectivity index (χ0v) is 12.3. The van der Waals surface area contributed by atoms with Gasteiger partial charge in [-0.2, -0.15) is 13.2 Å². The van der Waals surface area contributed by atoms with Gasteiger partial charge >= 0.3 is 12.1 Å². The number of carboxylic acid groups (broad SMARTS) is 1. The summed E-state index contributed by atoms with van der Waals surface area (Å²) in [6.45, 7) is 0.110. The number of carboxylic acids is 1. The second-order valence-corrected chi connectivity index (χ2v) is 5.01. The van der Waals surface area contributed by atoms with Gasteiger partial charge in [-0.15, -0.1) is 0 Å². The molecule has 0 aliphatic rings. The number of aliphatic carboxylic acids is 1. The Labute approximate surface area is 120 Å². The summed E-state index contributed by atoms with van der Waals surface area (Å²) in [5.41, 5.74) is 0. The second-order valence-electron chi connectivity index (χ2n) is 5.01. The molecule has 9 heteroatoms. The second kappa shape index (κ2) is 7.28. The first-order chi connectivity index (χ1) is 9.36. The Bertz CT molecular complexity index is 410. The largest absolute Gasteiger partial charge is 0.481 e. The van der Waals surface area contributed by atoms with Crippen LogP contribution in [0.3, 0.4) is 0 Å². The van der Waals surface area contributed by atoms with E-state index in [9.17, 15) is 27.6 Å². The normalized spacial score (nSPS) is 14.2. The van der Waals surface area contributed by atoms with E-state index in [2.05, 4.69) is 0 Å². The summed E-state index contributed by atoms with van der Waals surface area (Å²) in [5.74, 6) is -5.30. The number of alkyl halides is 3. The van der Waals surface area contributed by atoms with Gasteiger partial charge in [0.15, 0.2) is 0 Å². The monoisotopic (exact) mass is 312 g/mol. The van der Waals surface area contributed by atoms with Crippen LogP contribution in [0, 0.1) is 11.8 Å². The van der Waals surface area contributed by atoms with Crippen LogP contribution in [0.2, 0.25) is 0 Å². The van der Waals surface area contributed by atoms with Crippen molar-refractivity contribution in [2.45, 2.75) is 20.0 Å². The highest BCUT2D eigenvalue weighted by molar-refractivity contribution is 5.88. The minimum atomic E-state index is -4.67. The molecule has 2 unspecified atom stereocenters. The Balaban J connectivity index is 5.15. The summed E-state index contributed by atoms with van der Waals surface area (Å²) in [4.78, 5) is 35.7. The average Bonchev–Trinajstić information content (AvgIpc) is 2.33. The lowest BCUT2D eigenvalue weighted by Gasteiger charge is -2.28. The summed E-state index contributed by atoms with van der Waals surface area (Å²) >= 11 is 0. The fourth-order valence-electron chi connectivity index (χ4n) is 1.45. The van der Waals surface area contributed by atoms with Crippen LogP contribution in [0.25, 0.3) is 0 Å². The first kappa shape index (κ1) is 19.2. The molecule has 2 atom stereocenters. The third-order valence-electron chi connectivity index (χ3n) is 3.04. The van der Waals surface area contributed by atoms with E-state index in [0.717, 1.165) is 4.90 Å². The van der Waals surface area contributed by atoms with Gasteiger partial charge in [-0.25, -0.2) is 0 Å². The quantitative estimate of drug-likeness (QED) is 0.788. The van der Waals surface area contributed by atoms with Gasteiger partial charge in [0.2, 0.25) is 11.8 Å². The first-order valence-electron chi connectivity index (χ1n) is 6.15. The topological polar surface area (TPSA) is 77.9 Å². The van der Waals surface area contributed by atoms with Crippen molar-refractivity contribution in [3.63, 3.8) is 0 Å². The van der Waals surface area contributed by atoms with Crippen LogP contribution in [0.1, 0.15) is 13.8 Å². The van der Waals surface area contributed by atoms with Crippen molar-refractivity contribution in [1.82, 2.24) is 9.80 Å². The molecule has 0 saturated carbocycles. The number of carbonyl (C=O) groups is 3. The molecule has 0 aliphatic heterocycles. The summed E-state index contributed by atoms with van der Waals surface area (Å²) in [5, 5.41) is 8.82. The highest BCUT2D eigenvalue weighted by Crippen LogP contribution is 2.20. The number of amides is 2. The van der Waals surface area contributed by atoms with E-state index in [0.29, 0.717) is 4.90 Å². The van der Waals surface area contributed by atoms with Gasteiger partial charge in [-0.1, -0.05) is 13.8 Å². The first-order valence-corrected chi connectivity index (χ1v) is 6.15. The molecule has 6 nitrogen and oxygen atoms in total. The zero-order chi connectivity index (χ0) is 17.0. The Kier molecular flexibility index (Phi) is 6.65. The Morgan fingerprint density at radius 3 is 1.90 bits per heavy atom. The maximum Gasteiger partial charge on any atom is 0.406 e. The van der Waals surface area contributed by atoms with Gasteiger partial charge in [0.1, 0.15) is 13.1 Å². The number of carbonyl (C=O) groups excluding carboxylic acids is 2. The Morgan fingerprint density at radius 1 is 1.10 bits per heavy atom. The van der Waals surface area contributed by atoms with Crippen LogP contribution in [0.5, 0.6) is 0 Å². The summed E-state index contributed by atoms with van der Waals surface area (Å²) in [6.07, 6.45) is -4.67. The molecule has 0 radical (unpaired) electrons. The molecule has 21 heavy (non-hydrogen) atoms. The fraction of sp³-hybridized carbons (Fsp3) is 0.750. The predicted octanol–water partition coefficient (Wildman–Crippen LogP) is 0.822. The van der Waals surface area contributed by atoms with Crippen molar-refractivity contribution >= 4 is 17.8 Å². The van der Waals surface area contributed by atoms with Gasteiger partial charge in [0.25, 0.3) is 0 Å². The lowest BCUT2D eigenvalue weighted by molar-refractivity contribution is -0.168. The molecule has 0 saturated heterocycles. The highest BCUT2D eigenvalue weighted by atomic mass is 19.4. The van der Waals surface area contributed by atoms with Crippen molar-refractivity contribution in [3.05, 3.63) is 0 Å². The maximum absolute atomic E-state index is 12.5. The molecule has 0 spiro atoms. The zero-order valence-electron chi connectivity index (χ0n) is 12.3. The van der Waals surface area contributed by atoms with E-state index in [1.54, 1.807) is 0 Å². The molecule has 0 aliphatic carbocycles. The van der Waals surface area contributed by atoms with Crippen LogP contribution in [0.4, 0.5) is 13.2 Å². The number of hydrogen-bond acceptors (Lipinski definition) is 3. The lowest BCUT2D eigenvalue weighted by atomic mass is 9.94. The Morgan fingerprint density at radius 2 is 1.57 bits per heavy atom. The van der Waals surface area contributed by atoms with E-state index >= 15 is 0 Å². The third-order valence-corrected chi connectivity index (χ3v) is 3.04. The Hall–Kier alpha value is -1.80. The van der Waals surface area contributed by atoms with Crippen LogP contribution in [0.15, 0.2) is 0 Å². The van der Waals surface area contributed by atoms with Crippen molar-refractivity contribution in [1.29, 1.82) is 0 Å². The molecule has 0 bridgehead atoms. The smallest absolute Gasteiger partial charge is 0.406 e. The van der Waals surface area contributed by atoms with E-state index in [1.807, 2.05) is 0 Å². The van der Waals surface area contributed by atoms with Gasteiger partial charge in [0, 0.05) is 20.0 Å². The van der Waals surface area contributed by atoms with Crippen molar-refractivity contribution in [2.75, 3.05) is 27.2 Å². The number of nitrogens with zero attached hydrogens (tertiary/aromatic N) is 2. The van der Waals surface area contributed by atoms with Crippen LogP contribution < -0.4 is 0 Å². The van der Waals surface area contributed by atoms with Crippen LogP contribution in [-0.4, -0.2) is 66.1 Å². The van der Waals surface area contributed by atoms with E-state index < -0.39 is 48.9 Å². The number of rotatable bonds is 6. The van der Waals surface area contributed by atoms with Crippen molar-refractivity contribution in [3.8, 4) is 0 Å². The van der Waals surface area contributed by atoms with Gasteiger partial charge in [0.05, 0.1) is 5.92 Å². The van der Waals surface area contributed by atoms with Crippen molar-refractivity contribution in [2.24, 2.45) is 11.8 Å². The number of halogens is 3. The molecule has 0 aromatic heterocycles. The maximum atomic E-state index is 12.5. The molecular formula is C12H19F3N2O4. The van der Waals surface area contributed by atoms with Crippen LogP contribution in [-0.2, 0) is 14.4 Å². The van der Waals surface area contributed by atoms with Gasteiger partial charge in [-0.3, -0.25) is 14.4 Å². The highest BCUT2D eigenvalue weighted by Gasteiger charge is 2.37. The summed E-state index contributed by atoms with van der Waals surface area (Å²) in [6, 6.07) is 0. The van der Waals surface area contributed by atoms with Crippen LogP contribution >= 0.6 is 0 Å². The molecule has 0 heterocycles. The molecule has 0 aromatic rings. The predicted molar refractivity (Wildman–Crippen MR) is 67.3 cm³/mol. The molecule has 2 amide bonds. The average molecular weight is 312 g/mol. The number of likely N-dealkylation sites (N-methyl/N-ethyl adjacent to an activating group) is 1. The SMILES string of the molecule is CC(C(=O)O)C(C)C(=O)N(CC(=O)N(C)C)CC(F)(F)F. The molecule has 0 fully saturated rings. The van der Waals surface area contributed by atoms with Gasteiger partial charge < -0.3 is 14.9 Å². The molecule has 0 rings (SSSR count). The molecule has 1 N–H and O–H groups in total. The summed E-state index contributed by atoms with van der Waals surface area (Å²) < 4.78 is 37.5. The van der Waals surface area contributed by atoms with E-state index in [-0.39, 0.29) is 0 Å². The molecule has 0 aromatic carbocycles. The fourth-order valence-corrected chi connectivity index (χ4v) is 1.45. The third kappa shape index (κ3) is 6.46. The minimum Gasteiger partial charge on any atom is -0.481 e. The molecule has 122 valence electrons.